The highest BCUT2D eigenvalue weighted by Crippen LogP contribution is 2.50. The van der Waals surface area contributed by atoms with E-state index in [1.54, 1.807) is 27.8 Å². The van der Waals surface area contributed by atoms with Crippen LogP contribution in [0.15, 0.2) is 59.0 Å². The van der Waals surface area contributed by atoms with Crippen molar-refractivity contribution in [1.82, 2.24) is 29.4 Å². The molecule has 1 aromatic carbocycles. The Morgan fingerprint density at radius 2 is 2.03 bits per heavy atom. The summed E-state index contributed by atoms with van der Waals surface area (Å²) in [6, 6.07) is 10.1. The van der Waals surface area contributed by atoms with Crippen LogP contribution in [-0.4, -0.2) is 35.3 Å². The fourth-order valence-electron chi connectivity index (χ4n) is 3.65. The zero-order valence-electron chi connectivity index (χ0n) is 16.5. The molecule has 0 aliphatic heterocycles. The van der Waals surface area contributed by atoms with Gasteiger partial charge in [-0.15, -0.1) is 21.5 Å². The molecule has 1 aliphatic carbocycles. The minimum Gasteiger partial charge on any atom is -0.369 e. The number of hydrogen-bond donors (Lipinski definition) is 1. The largest absolute Gasteiger partial charge is 0.369 e. The number of thiazole rings is 1. The van der Waals surface area contributed by atoms with Gasteiger partial charge in [-0.1, -0.05) is 0 Å². The summed E-state index contributed by atoms with van der Waals surface area (Å²) in [5.41, 5.74) is 8.82. The van der Waals surface area contributed by atoms with Gasteiger partial charge in [0.25, 0.3) is 0 Å². The normalized spacial score (nSPS) is 15.0. The van der Waals surface area contributed by atoms with Crippen LogP contribution in [0.1, 0.15) is 17.8 Å². The lowest BCUT2D eigenvalue weighted by atomic mass is 10.1. The van der Waals surface area contributed by atoms with Crippen LogP contribution in [0.4, 0.5) is 0 Å². The fraction of sp³-hybridized carbons (Fsp3) is 0.190. The topological polar surface area (TPSA) is 104 Å². The molecule has 1 aliphatic rings. The molecular weight excluding hydrogens is 430 g/mol. The van der Waals surface area contributed by atoms with E-state index in [4.69, 9.17) is 5.73 Å². The van der Waals surface area contributed by atoms with Crippen LogP contribution in [0.3, 0.4) is 0 Å². The highest BCUT2D eigenvalue weighted by Gasteiger charge is 2.52. The van der Waals surface area contributed by atoms with Gasteiger partial charge in [0.05, 0.1) is 16.4 Å². The zero-order chi connectivity index (χ0) is 21.2. The first-order chi connectivity index (χ1) is 15.0. The van der Waals surface area contributed by atoms with Gasteiger partial charge in [-0.05, 0) is 54.9 Å². The predicted molar refractivity (Wildman–Crippen MR) is 119 cm³/mol. The van der Waals surface area contributed by atoms with Crippen molar-refractivity contribution < 1.29 is 4.79 Å². The monoisotopic (exact) mass is 447 g/mol. The van der Waals surface area contributed by atoms with Gasteiger partial charge < -0.3 is 5.73 Å². The minimum atomic E-state index is -0.553. The van der Waals surface area contributed by atoms with E-state index in [-0.39, 0.29) is 5.91 Å². The van der Waals surface area contributed by atoms with E-state index in [0.29, 0.717) is 0 Å². The lowest BCUT2D eigenvalue weighted by Crippen LogP contribution is -2.28. The quantitative estimate of drug-likeness (QED) is 0.443. The first-order valence-corrected chi connectivity index (χ1v) is 11.4. The molecule has 0 spiro atoms. The van der Waals surface area contributed by atoms with Gasteiger partial charge in [-0.2, -0.15) is 5.10 Å². The first kappa shape index (κ1) is 18.5. The van der Waals surface area contributed by atoms with Gasteiger partial charge in [-0.25, -0.2) is 4.98 Å². The van der Waals surface area contributed by atoms with Crippen LogP contribution in [0.5, 0.6) is 0 Å². The molecule has 0 radical (unpaired) electrons. The third-order valence-corrected chi connectivity index (χ3v) is 7.78. The summed E-state index contributed by atoms with van der Waals surface area (Å²) in [6.07, 6.45) is 7.42. The van der Waals surface area contributed by atoms with Crippen LogP contribution in [-0.2, 0) is 17.3 Å². The van der Waals surface area contributed by atoms with Crippen LogP contribution in [0.2, 0.25) is 0 Å². The number of aryl methyl sites for hydroxylation is 1. The van der Waals surface area contributed by atoms with E-state index in [9.17, 15) is 4.79 Å². The Morgan fingerprint density at radius 1 is 1.16 bits per heavy atom. The standard InChI is InChI=1S/C21H17N7OS2/c1-27-10-13(9-23-27)12-2-5-17-25-26-20(28(17)11-12)30-14-3-4-15-16(8-14)31-19(24-15)21(6-7-21)18(22)29/h2-5,8-11H,6-7H2,1H3,(H2,22,29). The predicted octanol–water partition coefficient (Wildman–Crippen LogP) is 3.41. The maximum atomic E-state index is 11.9. The highest BCUT2D eigenvalue weighted by atomic mass is 32.2. The number of aromatic nitrogens is 6. The average molecular weight is 448 g/mol. The maximum absolute atomic E-state index is 11.9. The summed E-state index contributed by atoms with van der Waals surface area (Å²) in [5.74, 6) is -0.277. The number of amides is 1. The molecule has 4 aromatic heterocycles. The van der Waals surface area contributed by atoms with E-state index in [1.165, 1.54) is 0 Å². The molecule has 1 saturated carbocycles. The number of pyridine rings is 1. The number of carbonyl (C=O) groups excluding carboxylic acids is 1. The Labute approximate surface area is 185 Å². The smallest absolute Gasteiger partial charge is 0.230 e. The third-order valence-electron chi connectivity index (χ3n) is 5.61. The molecule has 0 atom stereocenters. The summed E-state index contributed by atoms with van der Waals surface area (Å²) in [7, 11) is 1.90. The van der Waals surface area contributed by atoms with Crippen LogP contribution in [0, 0.1) is 0 Å². The molecule has 4 heterocycles. The minimum absolute atomic E-state index is 0.277. The van der Waals surface area contributed by atoms with Gasteiger partial charge >= 0.3 is 0 Å². The number of rotatable bonds is 5. The van der Waals surface area contributed by atoms with Crippen LogP contribution >= 0.6 is 23.1 Å². The molecule has 0 bridgehead atoms. The maximum Gasteiger partial charge on any atom is 0.230 e. The molecule has 8 nitrogen and oxygen atoms in total. The van der Waals surface area contributed by atoms with Crippen molar-refractivity contribution in [2.24, 2.45) is 12.8 Å². The summed E-state index contributed by atoms with van der Waals surface area (Å²) >= 11 is 3.09. The first-order valence-electron chi connectivity index (χ1n) is 9.74. The van der Waals surface area contributed by atoms with E-state index in [0.717, 1.165) is 54.9 Å². The van der Waals surface area contributed by atoms with E-state index in [1.807, 2.05) is 54.3 Å². The van der Waals surface area contributed by atoms with Crippen molar-refractivity contribution in [1.29, 1.82) is 0 Å². The van der Waals surface area contributed by atoms with Gasteiger partial charge in [0.1, 0.15) is 10.4 Å². The second-order valence-corrected chi connectivity index (χ2v) is 9.80. The van der Waals surface area contributed by atoms with Gasteiger partial charge in [0.15, 0.2) is 10.8 Å². The molecule has 0 unspecified atom stereocenters. The number of nitrogens with zero attached hydrogens (tertiary/aromatic N) is 6. The Bertz CT molecular complexity index is 1480. The molecule has 6 rings (SSSR count). The lowest BCUT2D eigenvalue weighted by molar-refractivity contribution is -0.120. The van der Waals surface area contributed by atoms with Crippen molar-refractivity contribution in [2.75, 3.05) is 0 Å². The molecule has 5 aromatic rings. The number of nitrogens with two attached hydrogens (primary N) is 1. The molecule has 31 heavy (non-hydrogen) atoms. The fourth-order valence-corrected chi connectivity index (χ4v) is 5.83. The number of fused-ring (bicyclic) bond motifs is 2. The molecule has 2 N–H and O–H groups in total. The van der Waals surface area contributed by atoms with Crippen molar-refractivity contribution in [2.45, 2.75) is 28.3 Å². The molecule has 10 heteroatoms. The Balaban J connectivity index is 1.35. The second kappa shape index (κ2) is 6.63. The molecule has 1 fully saturated rings. The van der Waals surface area contributed by atoms with Gasteiger partial charge in [0.2, 0.25) is 5.91 Å². The molecule has 154 valence electrons. The highest BCUT2D eigenvalue weighted by molar-refractivity contribution is 7.99. The molecule has 1 amide bonds. The number of primary amides is 1. The Hall–Kier alpha value is -3.24. The van der Waals surface area contributed by atoms with Crippen molar-refractivity contribution in [3.05, 3.63) is 53.9 Å². The third kappa shape index (κ3) is 3.02. The Kier molecular flexibility index (Phi) is 3.96. The van der Waals surface area contributed by atoms with Gasteiger partial charge in [-0.3, -0.25) is 13.9 Å². The molecular formula is C21H17N7OS2. The summed E-state index contributed by atoms with van der Waals surface area (Å²) < 4.78 is 4.81. The van der Waals surface area contributed by atoms with Crippen molar-refractivity contribution >= 4 is 44.9 Å². The summed E-state index contributed by atoms with van der Waals surface area (Å²) in [4.78, 5) is 17.6. The van der Waals surface area contributed by atoms with E-state index in [2.05, 4.69) is 26.3 Å². The Morgan fingerprint density at radius 3 is 2.77 bits per heavy atom. The lowest BCUT2D eigenvalue weighted by Gasteiger charge is -2.04. The van der Waals surface area contributed by atoms with Gasteiger partial charge in [0, 0.05) is 35.5 Å². The second-order valence-electron chi connectivity index (χ2n) is 7.73. The summed E-state index contributed by atoms with van der Waals surface area (Å²) in [5, 5.41) is 14.5. The number of carbonyl (C=O) groups is 1. The summed E-state index contributed by atoms with van der Waals surface area (Å²) in [6.45, 7) is 0. The van der Waals surface area contributed by atoms with Crippen molar-refractivity contribution in [3.63, 3.8) is 0 Å². The number of benzene rings is 1. The van der Waals surface area contributed by atoms with E-state index >= 15 is 0 Å². The number of hydrogen-bond acceptors (Lipinski definition) is 7. The molecule has 0 saturated heterocycles. The van der Waals surface area contributed by atoms with Crippen LogP contribution < -0.4 is 5.73 Å². The SMILES string of the molecule is Cn1cc(-c2ccc3nnc(Sc4ccc5nc(C6(C(N)=O)CC6)sc5c4)n3c2)cn1. The zero-order valence-corrected chi connectivity index (χ0v) is 18.2. The van der Waals surface area contributed by atoms with E-state index < -0.39 is 5.41 Å². The van der Waals surface area contributed by atoms with Crippen LogP contribution in [0.25, 0.3) is 27.0 Å². The average Bonchev–Trinajstić information content (AvgIpc) is 3.08. The van der Waals surface area contributed by atoms with Crippen molar-refractivity contribution in [3.8, 4) is 11.1 Å².